The number of aryl methyl sites for hydroxylation is 1. The number of nitrogens with zero attached hydrogens (tertiary/aromatic N) is 2. The van der Waals surface area contributed by atoms with Gasteiger partial charge in [-0.05, 0) is 43.9 Å². The number of carbonyl (C=O) groups is 2. The molecule has 208 valence electrons. The third-order valence-electron chi connectivity index (χ3n) is 6.34. The summed E-state index contributed by atoms with van der Waals surface area (Å²) in [5.41, 5.74) is 2.23. The smallest absolute Gasteiger partial charge is 0.244 e. The molecule has 38 heavy (non-hydrogen) atoms. The normalized spacial score (nSPS) is 13.6. The van der Waals surface area contributed by atoms with E-state index in [9.17, 15) is 18.0 Å². The summed E-state index contributed by atoms with van der Waals surface area (Å²) in [4.78, 5) is 28.5. The minimum absolute atomic E-state index is 0.174. The van der Waals surface area contributed by atoms with Gasteiger partial charge in [-0.2, -0.15) is 0 Å². The van der Waals surface area contributed by atoms with Crippen molar-refractivity contribution in [2.75, 3.05) is 36.4 Å². The molecule has 10 heteroatoms. The summed E-state index contributed by atoms with van der Waals surface area (Å²) in [7, 11) is -3.83. The summed E-state index contributed by atoms with van der Waals surface area (Å²) in [6, 6.07) is 11.8. The Morgan fingerprint density at radius 2 is 1.66 bits per heavy atom. The summed E-state index contributed by atoms with van der Waals surface area (Å²) in [6.07, 6.45) is 0.381. The van der Waals surface area contributed by atoms with E-state index in [1.54, 1.807) is 18.2 Å². The van der Waals surface area contributed by atoms with Gasteiger partial charge >= 0.3 is 0 Å². The predicted molar refractivity (Wildman–Crippen MR) is 148 cm³/mol. The van der Waals surface area contributed by atoms with Crippen molar-refractivity contribution >= 4 is 27.5 Å². The van der Waals surface area contributed by atoms with Crippen LogP contribution in [-0.4, -0.2) is 63.2 Å². The van der Waals surface area contributed by atoms with E-state index in [0.717, 1.165) is 15.4 Å². The van der Waals surface area contributed by atoms with Crippen LogP contribution in [0.15, 0.2) is 42.5 Å². The van der Waals surface area contributed by atoms with E-state index in [4.69, 9.17) is 9.47 Å². The number of ether oxygens (including phenoxy) is 2. The molecule has 0 saturated carbocycles. The van der Waals surface area contributed by atoms with E-state index >= 15 is 0 Å². The highest BCUT2D eigenvalue weighted by Crippen LogP contribution is 2.35. The lowest BCUT2D eigenvalue weighted by molar-refractivity contribution is -0.140. The summed E-state index contributed by atoms with van der Waals surface area (Å²) < 4.78 is 38.6. The number of carbonyl (C=O) groups excluding carboxylic acids is 2. The molecule has 1 atom stereocenters. The molecule has 0 fully saturated rings. The van der Waals surface area contributed by atoms with Crippen molar-refractivity contribution in [3.63, 3.8) is 0 Å². The number of hydrogen-bond donors (Lipinski definition) is 1. The molecule has 3 rings (SSSR count). The molecule has 1 N–H and O–H groups in total. The standard InChI is InChI=1S/C28H39N3O6S/c1-6-24(28(33)29-17-20(3)4)30(18-22-10-8-21(5)9-11-22)27(32)19-31(38(34,35)7-2)23-12-13-25-26(16-23)37-15-14-36-25/h8-13,16,20,24H,6-7,14-15,17-19H2,1-5H3,(H,29,33)/t24-/m1/s1. The third kappa shape index (κ3) is 7.40. The van der Waals surface area contributed by atoms with Gasteiger partial charge in [-0.3, -0.25) is 13.9 Å². The predicted octanol–water partition coefficient (Wildman–Crippen LogP) is 3.50. The van der Waals surface area contributed by atoms with Gasteiger partial charge in [0, 0.05) is 19.2 Å². The number of rotatable bonds is 12. The van der Waals surface area contributed by atoms with Gasteiger partial charge in [-0.15, -0.1) is 0 Å². The van der Waals surface area contributed by atoms with Crippen molar-refractivity contribution < 1.29 is 27.5 Å². The molecule has 2 amide bonds. The molecule has 0 saturated heterocycles. The second-order valence-electron chi connectivity index (χ2n) is 9.81. The first-order valence-electron chi connectivity index (χ1n) is 13.1. The van der Waals surface area contributed by atoms with Crippen molar-refractivity contribution in [2.24, 2.45) is 5.92 Å². The van der Waals surface area contributed by atoms with E-state index in [0.29, 0.717) is 43.4 Å². The van der Waals surface area contributed by atoms with Crippen LogP contribution in [0.2, 0.25) is 0 Å². The average Bonchev–Trinajstić information content (AvgIpc) is 2.91. The first-order valence-corrected chi connectivity index (χ1v) is 14.7. The zero-order chi connectivity index (χ0) is 27.9. The van der Waals surface area contributed by atoms with Crippen LogP contribution in [0, 0.1) is 12.8 Å². The summed E-state index contributed by atoms with van der Waals surface area (Å²) in [5, 5.41) is 2.93. The maximum atomic E-state index is 13.9. The van der Waals surface area contributed by atoms with Gasteiger partial charge in [0.2, 0.25) is 21.8 Å². The molecule has 1 aliphatic rings. The fraction of sp³-hybridized carbons (Fsp3) is 0.500. The molecule has 9 nitrogen and oxygen atoms in total. The van der Waals surface area contributed by atoms with Crippen LogP contribution in [0.25, 0.3) is 0 Å². The fourth-order valence-electron chi connectivity index (χ4n) is 4.14. The lowest BCUT2D eigenvalue weighted by atomic mass is 10.1. The van der Waals surface area contributed by atoms with Crippen LogP contribution in [-0.2, 0) is 26.2 Å². The Hall–Kier alpha value is -3.27. The highest BCUT2D eigenvalue weighted by atomic mass is 32.2. The van der Waals surface area contributed by atoms with Crippen LogP contribution < -0.4 is 19.1 Å². The number of amides is 2. The number of hydrogen-bond acceptors (Lipinski definition) is 6. The van der Waals surface area contributed by atoms with E-state index in [1.165, 1.54) is 11.8 Å². The maximum absolute atomic E-state index is 13.9. The number of sulfonamides is 1. The first-order chi connectivity index (χ1) is 18.1. The van der Waals surface area contributed by atoms with E-state index in [1.807, 2.05) is 52.0 Å². The zero-order valence-electron chi connectivity index (χ0n) is 22.9. The van der Waals surface area contributed by atoms with Crippen molar-refractivity contribution in [2.45, 2.75) is 53.6 Å². The van der Waals surface area contributed by atoms with E-state index in [2.05, 4.69) is 5.32 Å². The lowest BCUT2D eigenvalue weighted by Crippen LogP contribution is -2.52. The van der Waals surface area contributed by atoms with Gasteiger partial charge in [0.05, 0.1) is 11.4 Å². The lowest BCUT2D eigenvalue weighted by Gasteiger charge is -2.33. The number of fused-ring (bicyclic) bond motifs is 1. The Balaban J connectivity index is 1.96. The highest BCUT2D eigenvalue weighted by molar-refractivity contribution is 7.92. The molecule has 2 aromatic rings. The van der Waals surface area contributed by atoms with Crippen molar-refractivity contribution in [3.05, 3.63) is 53.6 Å². The molecule has 0 aromatic heterocycles. The second kappa shape index (κ2) is 13.0. The topological polar surface area (TPSA) is 105 Å². The van der Waals surface area contributed by atoms with Gasteiger partial charge in [0.25, 0.3) is 0 Å². The van der Waals surface area contributed by atoms with Crippen LogP contribution in [0.5, 0.6) is 11.5 Å². The Morgan fingerprint density at radius 1 is 1.00 bits per heavy atom. The molecule has 1 heterocycles. The minimum Gasteiger partial charge on any atom is -0.486 e. The van der Waals surface area contributed by atoms with Crippen molar-refractivity contribution in [1.82, 2.24) is 10.2 Å². The van der Waals surface area contributed by atoms with Crippen LogP contribution >= 0.6 is 0 Å². The molecule has 0 spiro atoms. The summed E-state index contributed by atoms with van der Waals surface area (Å²) in [6.45, 7) is 10.3. The number of benzene rings is 2. The molecular weight excluding hydrogens is 506 g/mol. The maximum Gasteiger partial charge on any atom is 0.244 e. The van der Waals surface area contributed by atoms with Gasteiger partial charge in [0.15, 0.2) is 11.5 Å². The third-order valence-corrected chi connectivity index (χ3v) is 8.08. The quantitative estimate of drug-likeness (QED) is 0.438. The molecule has 0 radical (unpaired) electrons. The van der Waals surface area contributed by atoms with Gasteiger partial charge < -0.3 is 19.7 Å². The van der Waals surface area contributed by atoms with Gasteiger partial charge in [0.1, 0.15) is 25.8 Å². The molecular formula is C28H39N3O6S. The Labute approximate surface area is 226 Å². The average molecular weight is 546 g/mol. The van der Waals surface area contributed by atoms with Crippen LogP contribution in [0.3, 0.4) is 0 Å². The van der Waals surface area contributed by atoms with E-state index < -0.39 is 28.5 Å². The molecule has 0 aliphatic carbocycles. The van der Waals surface area contributed by atoms with Gasteiger partial charge in [-0.25, -0.2) is 8.42 Å². The Morgan fingerprint density at radius 3 is 2.26 bits per heavy atom. The van der Waals surface area contributed by atoms with Crippen LogP contribution in [0.1, 0.15) is 45.2 Å². The molecule has 2 aromatic carbocycles. The van der Waals surface area contributed by atoms with Crippen LogP contribution in [0.4, 0.5) is 5.69 Å². The van der Waals surface area contributed by atoms with Crippen molar-refractivity contribution in [3.8, 4) is 11.5 Å². The van der Waals surface area contributed by atoms with E-state index in [-0.39, 0.29) is 24.1 Å². The number of nitrogens with one attached hydrogen (secondary N) is 1. The van der Waals surface area contributed by atoms with Crippen molar-refractivity contribution in [1.29, 1.82) is 0 Å². The first kappa shape index (κ1) is 29.3. The molecule has 1 aliphatic heterocycles. The monoisotopic (exact) mass is 545 g/mol. The molecule has 0 bridgehead atoms. The Kier molecular flexibility index (Phi) is 10.0. The fourth-order valence-corrected chi connectivity index (χ4v) is 5.19. The summed E-state index contributed by atoms with van der Waals surface area (Å²) in [5.74, 6) is 0.272. The largest absolute Gasteiger partial charge is 0.486 e. The minimum atomic E-state index is -3.83. The second-order valence-corrected chi connectivity index (χ2v) is 12.0. The molecule has 0 unspecified atom stereocenters. The highest BCUT2D eigenvalue weighted by Gasteiger charge is 2.33. The number of anilines is 1. The zero-order valence-corrected chi connectivity index (χ0v) is 23.7. The van der Waals surface area contributed by atoms with Gasteiger partial charge in [-0.1, -0.05) is 50.6 Å². The Bertz CT molecular complexity index is 1210. The SMILES string of the molecule is CC[C@H](C(=O)NCC(C)C)N(Cc1ccc(C)cc1)C(=O)CN(c1ccc2c(c1)OCCO2)S(=O)(=O)CC. The summed E-state index contributed by atoms with van der Waals surface area (Å²) >= 11 is 0.